The minimum atomic E-state index is -0.103. The fourth-order valence-electron chi connectivity index (χ4n) is 4.67. The lowest BCUT2D eigenvalue weighted by atomic mass is 9.67. The molecule has 1 aliphatic heterocycles. The van der Waals surface area contributed by atoms with Gasteiger partial charge in [0.1, 0.15) is 0 Å². The van der Waals surface area contributed by atoms with Crippen LogP contribution in [-0.4, -0.2) is 29.7 Å². The normalized spacial score (nSPS) is 27.1. The molecular formula is C22H29ClN2O3. The van der Waals surface area contributed by atoms with Crippen molar-refractivity contribution in [3.8, 4) is 0 Å². The molecule has 2 N–H and O–H groups in total. The van der Waals surface area contributed by atoms with Crippen molar-refractivity contribution >= 4 is 29.2 Å². The molecule has 2 fully saturated rings. The number of Topliss-reactive ketones (excluding diaryl/α,β-unsaturated/α-hetero) is 1. The van der Waals surface area contributed by atoms with Crippen molar-refractivity contribution in [2.45, 2.75) is 64.5 Å². The van der Waals surface area contributed by atoms with Crippen LogP contribution in [0.4, 0.5) is 0 Å². The third-order valence-electron chi connectivity index (χ3n) is 6.19. The predicted molar refractivity (Wildman–Crippen MR) is 109 cm³/mol. The van der Waals surface area contributed by atoms with Crippen LogP contribution in [0.1, 0.15) is 62.7 Å². The number of rotatable bonds is 6. The highest BCUT2D eigenvalue weighted by Crippen LogP contribution is 2.39. The zero-order valence-electron chi connectivity index (χ0n) is 16.5. The topological polar surface area (TPSA) is 75.3 Å². The van der Waals surface area contributed by atoms with Crippen LogP contribution in [0.5, 0.6) is 0 Å². The Morgan fingerprint density at radius 2 is 1.89 bits per heavy atom. The standard InChI is InChI=1S/C22H29ClN2O3/c1-13(2)18-12-22(28)25-19-11-16(7-8-17(18)19)24-21(27)10-9-20(26)14-3-5-15(23)6-4-14/h3-6,13,16-19H,7-12H2,1-2H3,(H,24,27)(H,25,28). The summed E-state index contributed by atoms with van der Waals surface area (Å²) in [4.78, 5) is 36.6. The number of halogens is 1. The molecule has 1 saturated heterocycles. The summed E-state index contributed by atoms with van der Waals surface area (Å²) in [6.07, 6.45) is 3.68. The van der Waals surface area contributed by atoms with Crippen molar-refractivity contribution < 1.29 is 14.4 Å². The molecule has 5 nitrogen and oxygen atoms in total. The van der Waals surface area contributed by atoms with Gasteiger partial charge in [0.25, 0.3) is 0 Å². The molecule has 0 aromatic heterocycles. The summed E-state index contributed by atoms with van der Waals surface area (Å²) < 4.78 is 0. The first-order valence-corrected chi connectivity index (χ1v) is 10.6. The molecule has 1 aromatic carbocycles. The van der Waals surface area contributed by atoms with Crippen LogP contribution in [0, 0.1) is 17.8 Å². The van der Waals surface area contributed by atoms with Gasteiger partial charge in [-0.05, 0) is 61.3 Å². The van der Waals surface area contributed by atoms with Crippen molar-refractivity contribution in [2.75, 3.05) is 0 Å². The van der Waals surface area contributed by atoms with Gasteiger partial charge in [-0.15, -0.1) is 0 Å². The zero-order chi connectivity index (χ0) is 20.3. The second kappa shape index (κ2) is 9.08. The molecule has 2 amide bonds. The summed E-state index contributed by atoms with van der Waals surface area (Å²) in [7, 11) is 0. The number of benzene rings is 1. The van der Waals surface area contributed by atoms with Gasteiger partial charge in [-0.25, -0.2) is 0 Å². The quantitative estimate of drug-likeness (QED) is 0.709. The van der Waals surface area contributed by atoms with E-state index in [1.165, 1.54) is 0 Å². The Morgan fingerprint density at radius 1 is 1.18 bits per heavy atom. The van der Waals surface area contributed by atoms with E-state index in [9.17, 15) is 14.4 Å². The van der Waals surface area contributed by atoms with E-state index < -0.39 is 0 Å². The SMILES string of the molecule is CC(C)C1CC(=O)NC2CC(NC(=O)CCC(=O)c3ccc(Cl)cc3)CCC21. The van der Waals surface area contributed by atoms with Gasteiger partial charge in [0.2, 0.25) is 11.8 Å². The van der Waals surface area contributed by atoms with E-state index in [-0.39, 0.29) is 42.5 Å². The van der Waals surface area contributed by atoms with Crippen molar-refractivity contribution in [1.82, 2.24) is 10.6 Å². The molecule has 6 heteroatoms. The Kier molecular flexibility index (Phi) is 6.76. The van der Waals surface area contributed by atoms with E-state index in [2.05, 4.69) is 24.5 Å². The Bertz CT molecular complexity index is 732. The van der Waals surface area contributed by atoms with E-state index in [0.717, 1.165) is 19.3 Å². The number of hydrogen-bond donors (Lipinski definition) is 2. The van der Waals surface area contributed by atoms with Crippen molar-refractivity contribution in [3.63, 3.8) is 0 Å². The lowest BCUT2D eigenvalue weighted by molar-refractivity contribution is -0.128. The fourth-order valence-corrected chi connectivity index (χ4v) is 4.80. The van der Waals surface area contributed by atoms with Gasteiger partial charge in [-0.3, -0.25) is 14.4 Å². The van der Waals surface area contributed by atoms with Crippen LogP contribution in [0.25, 0.3) is 0 Å². The Morgan fingerprint density at radius 3 is 2.57 bits per heavy atom. The number of piperidine rings is 1. The summed E-state index contributed by atoms with van der Waals surface area (Å²) >= 11 is 5.83. The minimum absolute atomic E-state index is 0.0603. The van der Waals surface area contributed by atoms with Crippen molar-refractivity contribution in [2.24, 2.45) is 17.8 Å². The maximum Gasteiger partial charge on any atom is 0.220 e. The van der Waals surface area contributed by atoms with Gasteiger partial charge in [0.05, 0.1) is 0 Å². The van der Waals surface area contributed by atoms with Crippen LogP contribution < -0.4 is 10.6 Å². The summed E-state index contributed by atoms with van der Waals surface area (Å²) in [5, 5.41) is 6.77. The maximum atomic E-state index is 12.3. The smallest absolute Gasteiger partial charge is 0.220 e. The second-order valence-corrected chi connectivity index (χ2v) is 8.89. The lowest BCUT2D eigenvalue weighted by Gasteiger charge is -2.45. The van der Waals surface area contributed by atoms with Crippen LogP contribution in [0.15, 0.2) is 24.3 Å². The van der Waals surface area contributed by atoms with Crippen molar-refractivity contribution in [1.29, 1.82) is 0 Å². The molecule has 28 heavy (non-hydrogen) atoms. The summed E-state index contributed by atoms with van der Waals surface area (Å²) in [5.41, 5.74) is 0.572. The van der Waals surface area contributed by atoms with Gasteiger partial charge in [-0.1, -0.05) is 25.4 Å². The number of ketones is 1. The number of fused-ring (bicyclic) bond motifs is 1. The highest BCUT2D eigenvalue weighted by molar-refractivity contribution is 6.30. The van der Waals surface area contributed by atoms with Crippen molar-refractivity contribution in [3.05, 3.63) is 34.9 Å². The lowest BCUT2D eigenvalue weighted by Crippen LogP contribution is -2.56. The van der Waals surface area contributed by atoms with Gasteiger partial charge in [-0.2, -0.15) is 0 Å². The van der Waals surface area contributed by atoms with Crippen LogP contribution >= 0.6 is 11.6 Å². The van der Waals surface area contributed by atoms with Gasteiger partial charge >= 0.3 is 0 Å². The number of carbonyl (C=O) groups is 3. The molecule has 1 saturated carbocycles. The molecule has 0 radical (unpaired) electrons. The number of nitrogens with one attached hydrogen (secondary N) is 2. The molecule has 3 rings (SSSR count). The predicted octanol–water partition coefficient (Wildman–Crippen LogP) is 3.75. The van der Waals surface area contributed by atoms with Gasteiger partial charge < -0.3 is 10.6 Å². The fraction of sp³-hybridized carbons (Fsp3) is 0.591. The highest BCUT2D eigenvalue weighted by Gasteiger charge is 2.41. The van der Waals surface area contributed by atoms with Gasteiger partial charge in [0, 0.05) is 41.9 Å². The summed E-state index contributed by atoms with van der Waals surface area (Å²) in [6.45, 7) is 4.37. The first kappa shape index (κ1) is 20.8. The van der Waals surface area contributed by atoms with E-state index in [0.29, 0.717) is 34.8 Å². The first-order valence-electron chi connectivity index (χ1n) is 10.2. The van der Waals surface area contributed by atoms with E-state index >= 15 is 0 Å². The van der Waals surface area contributed by atoms with E-state index in [4.69, 9.17) is 11.6 Å². The number of carbonyl (C=O) groups excluding carboxylic acids is 3. The summed E-state index contributed by atoms with van der Waals surface area (Å²) in [5.74, 6) is 1.37. The molecule has 0 spiro atoms. The highest BCUT2D eigenvalue weighted by atomic mass is 35.5. The molecular weight excluding hydrogens is 376 g/mol. The maximum absolute atomic E-state index is 12.3. The van der Waals surface area contributed by atoms with E-state index in [1.807, 2.05) is 0 Å². The second-order valence-electron chi connectivity index (χ2n) is 8.46. The molecule has 2 aliphatic rings. The molecule has 4 unspecified atom stereocenters. The van der Waals surface area contributed by atoms with Gasteiger partial charge in [0.15, 0.2) is 5.78 Å². The Balaban J connectivity index is 1.48. The van der Waals surface area contributed by atoms with Crippen LogP contribution in [0.3, 0.4) is 0 Å². The average molecular weight is 405 g/mol. The van der Waals surface area contributed by atoms with Crippen LogP contribution in [0.2, 0.25) is 5.02 Å². The monoisotopic (exact) mass is 404 g/mol. The number of amides is 2. The average Bonchev–Trinajstić information content (AvgIpc) is 2.65. The molecule has 4 atom stereocenters. The molecule has 1 aliphatic carbocycles. The third-order valence-corrected chi connectivity index (χ3v) is 6.44. The Labute approximate surface area is 171 Å². The largest absolute Gasteiger partial charge is 0.353 e. The molecule has 1 aromatic rings. The zero-order valence-corrected chi connectivity index (χ0v) is 17.3. The first-order chi connectivity index (χ1) is 13.3. The number of hydrogen-bond acceptors (Lipinski definition) is 3. The summed E-state index contributed by atoms with van der Waals surface area (Å²) in [6, 6.07) is 6.92. The van der Waals surface area contributed by atoms with E-state index in [1.54, 1.807) is 24.3 Å². The molecule has 1 heterocycles. The minimum Gasteiger partial charge on any atom is -0.353 e. The Hall–Kier alpha value is -1.88. The molecule has 0 bridgehead atoms. The molecule has 152 valence electrons. The van der Waals surface area contributed by atoms with Crippen LogP contribution in [-0.2, 0) is 9.59 Å². The third kappa shape index (κ3) is 5.13.